The molecule has 2 atom stereocenters. The van der Waals surface area contributed by atoms with Gasteiger partial charge in [0.15, 0.2) is 0 Å². The molecule has 1 aliphatic heterocycles. The normalized spacial score (nSPS) is 26.9. The molecule has 0 bridgehead atoms. The number of hydrogen-bond acceptors (Lipinski definition) is 2. The Bertz CT molecular complexity index is 359. The van der Waals surface area contributed by atoms with Gasteiger partial charge in [0.1, 0.15) is 5.82 Å². The van der Waals surface area contributed by atoms with E-state index < -0.39 is 0 Å². The van der Waals surface area contributed by atoms with E-state index >= 15 is 0 Å². The van der Waals surface area contributed by atoms with Gasteiger partial charge in [-0.2, -0.15) is 0 Å². The van der Waals surface area contributed by atoms with Gasteiger partial charge in [-0.25, -0.2) is 4.39 Å². The van der Waals surface area contributed by atoms with Crippen molar-refractivity contribution in [2.75, 3.05) is 13.1 Å². The fourth-order valence-electron chi connectivity index (χ4n) is 2.03. The lowest BCUT2D eigenvalue weighted by Gasteiger charge is -2.34. The van der Waals surface area contributed by atoms with Gasteiger partial charge < -0.3 is 0 Å². The van der Waals surface area contributed by atoms with Crippen LogP contribution in [-0.2, 0) is 6.54 Å². The first-order valence-electron chi connectivity index (χ1n) is 5.61. The topological polar surface area (TPSA) is 16.1 Å². The predicted molar refractivity (Wildman–Crippen MR) is 66.0 cm³/mol. The average Bonchev–Trinajstić information content (AvgIpc) is 2.24. The van der Waals surface area contributed by atoms with E-state index in [4.69, 9.17) is 0 Å². The van der Waals surface area contributed by atoms with Gasteiger partial charge in [0.05, 0.1) is 6.20 Å². The number of nitrogens with zero attached hydrogens (tertiary/aromatic N) is 2. The molecule has 16 heavy (non-hydrogen) atoms. The maximum absolute atomic E-state index is 13.0. The Morgan fingerprint density at radius 2 is 2.38 bits per heavy atom. The lowest BCUT2D eigenvalue weighted by atomic mass is 9.99. The molecule has 0 saturated carbocycles. The molecule has 2 heterocycles. The number of hydrogen-bond donors (Lipinski definition) is 0. The van der Waals surface area contributed by atoms with Gasteiger partial charge in [-0.15, -0.1) is 0 Å². The largest absolute Gasteiger partial charge is 0.298 e. The SMILES string of the molecule is CC1CCN(Cc2cncc(F)c2)CC1Br. The van der Waals surface area contributed by atoms with Crippen LogP contribution in [0, 0.1) is 11.7 Å². The fourth-order valence-corrected chi connectivity index (χ4v) is 2.70. The number of piperidine rings is 1. The van der Waals surface area contributed by atoms with E-state index in [1.165, 1.54) is 12.6 Å². The first kappa shape index (κ1) is 12.0. The van der Waals surface area contributed by atoms with Crippen molar-refractivity contribution in [3.05, 3.63) is 29.8 Å². The Kier molecular flexibility index (Phi) is 3.92. The highest BCUT2D eigenvalue weighted by Crippen LogP contribution is 2.24. The third kappa shape index (κ3) is 3.01. The maximum atomic E-state index is 13.0. The molecule has 88 valence electrons. The average molecular weight is 287 g/mol. The van der Waals surface area contributed by atoms with Crippen molar-refractivity contribution in [1.29, 1.82) is 0 Å². The zero-order chi connectivity index (χ0) is 11.5. The molecule has 0 amide bonds. The highest BCUT2D eigenvalue weighted by Gasteiger charge is 2.23. The standard InChI is InChI=1S/C12H16BrFN2/c1-9-2-3-16(8-12(9)13)7-10-4-11(14)6-15-5-10/h4-6,9,12H,2-3,7-8H2,1H3. The molecule has 0 N–H and O–H groups in total. The zero-order valence-electron chi connectivity index (χ0n) is 9.37. The second kappa shape index (κ2) is 5.23. The summed E-state index contributed by atoms with van der Waals surface area (Å²) in [5, 5.41) is 0. The van der Waals surface area contributed by atoms with Crippen molar-refractivity contribution in [2.45, 2.75) is 24.7 Å². The van der Waals surface area contributed by atoms with Gasteiger partial charge in [0.2, 0.25) is 0 Å². The van der Waals surface area contributed by atoms with E-state index in [-0.39, 0.29) is 5.82 Å². The van der Waals surface area contributed by atoms with E-state index in [0.29, 0.717) is 4.83 Å². The van der Waals surface area contributed by atoms with E-state index in [1.54, 1.807) is 12.3 Å². The molecule has 2 nitrogen and oxygen atoms in total. The zero-order valence-corrected chi connectivity index (χ0v) is 11.0. The number of rotatable bonds is 2. The number of aromatic nitrogens is 1. The molecule has 1 saturated heterocycles. The molecule has 0 aromatic carbocycles. The first-order chi connectivity index (χ1) is 7.65. The molecule has 0 spiro atoms. The van der Waals surface area contributed by atoms with Crippen molar-refractivity contribution < 1.29 is 4.39 Å². The quantitative estimate of drug-likeness (QED) is 0.778. The molecular formula is C12H16BrFN2. The lowest BCUT2D eigenvalue weighted by molar-refractivity contribution is 0.193. The van der Waals surface area contributed by atoms with Crippen LogP contribution in [0.2, 0.25) is 0 Å². The number of alkyl halides is 1. The highest BCUT2D eigenvalue weighted by atomic mass is 79.9. The summed E-state index contributed by atoms with van der Waals surface area (Å²) in [6.45, 7) is 5.16. The first-order valence-corrected chi connectivity index (χ1v) is 6.52. The highest BCUT2D eigenvalue weighted by molar-refractivity contribution is 9.09. The van der Waals surface area contributed by atoms with E-state index in [2.05, 4.69) is 32.7 Å². The summed E-state index contributed by atoms with van der Waals surface area (Å²) < 4.78 is 13.0. The minimum atomic E-state index is -0.252. The lowest BCUT2D eigenvalue weighted by Crippen LogP contribution is -2.39. The number of likely N-dealkylation sites (tertiary alicyclic amines) is 1. The maximum Gasteiger partial charge on any atom is 0.141 e. The monoisotopic (exact) mass is 286 g/mol. The van der Waals surface area contributed by atoms with Crippen LogP contribution >= 0.6 is 15.9 Å². The molecule has 1 fully saturated rings. The third-order valence-corrected chi connectivity index (χ3v) is 4.31. The minimum absolute atomic E-state index is 0.252. The Balaban J connectivity index is 1.95. The van der Waals surface area contributed by atoms with Gasteiger partial charge in [0.25, 0.3) is 0 Å². The summed E-state index contributed by atoms with van der Waals surface area (Å²) in [6.07, 6.45) is 4.18. The fraction of sp³-hybridized carbons (Fsp3) is 0.583. The summed E-state index contributed by atoms with van der Waals surface area (Å²) >= 11 is 3.69. The molecule has 1 aromatic heterocycles. The molecule has 4 heteroatoms. The summed E-state index contributed by atoms with van der Waals surface area (Å²) in [7, 11) is 0. The summed E-state index contributed by atoms with van der Waals surface area (Å²) in [5.41, 5.74) is 0.953. The van der Waals surface area contributed by atoms with E-state index in [1.807, 2.05) is 0 Å². The van der Waals surface area contributed by atoms with Crippen molar-refractivity contribution in [1.82, 2.24) is 9.88 Å². The van der Waals surface area contributed by atoms with Crippen LogP contribution in [0.4, 0.5) is 4.39 Å². The van der Waals surface area contributed by atoms with Crippen LogP contribution in [0.5, 0.6) is 0 Å². The summed E-state index contributed by atoms with van der Waals surface area (Å²) in [5.74, 6) is 0.472. The van der Waals surface area contributed by atoms with Crippen LogP contribution in [0.15, 0.2) is 18.5 Å². The van der Waals surface area contributed by atoms with Gasteiger partial charge in [-0.1, -0.05) is 22.9 Å². The second-order valence-corrected chi connectivity index (χ2v) is 5.70. The van der Waals surface area contributed by atoms with Gasteiger partial charge >= 0.3 is 0 Å². The van der Waals surface area contributed by atoms with Gasteiger partial charge in [-0.3, -0.25) is 9.88 Å². The molecule has 0 radical (unpaired) electrons. The molecule has 1 aliphatic rings. The molecule has 2 unspecified atom stereocenters. The Morgan fingerprint density at radius 1 is 1.56 bits per heavy atom. The molecule has 0 aliphatic carbocycles. The van der Waals surface area contributed by atoms with Crippen molar-refractivity contribution >= 4 is 15.9 Å². The van der Waals surface area contributed by atoms with Crippen LogP contribution in [-0.4, -0.2) is 27.8 Å². The molecular weight excluding hydrogens is 271 g/mol. The third-order valence-electron chi connectivity index (χ3n) is 3.12. The Morgan fingerprint density at radius 3 is 3.06 bits per heavy atom. The van der Waals surface area contributed by atoms with E-state index in [0.717, 1.165) is 31.1 Å². The Hall–Kier alpha value is -0.480. The van der Waals surface area contributed by atoms with Gasteiger partial charge in [0, 0.05) is 24.1 Å². The van der Waals surface area contributed by atoms with Crippen LogP contribution < -0.4 is 0 Å². The van der Waals surface area contributed by atoms with Crippen molar-refractivity contribution in [3.63, 3.8) is 0 Å². The van der Waals surface area contributed by atoms with Crippen LogP contribution in [0.25, 0.3) is 0 Å². The van der Waals surface area contributed by atoms with Gasteiger partial charge in [-0.05, 0) is 30.5 Å². The number of halogens is 2. The molecule has 1 aromatic rings. The minimum Gasteiger partial charge on any atom is -0.298 e. The Labute approximate surface area is 104 Å². The smallest absolute Gasteiger partial charge is 0.141 e. The van der Waals surface area contributed by atoms with Crippen LogP contribution in [0.1, 0.15) is 18.9 Å². The van der Waals surface area contributed by atoms with E-state index in [9.17, 15) is 4.39 Å². The summed E-state index contributed by atoms with van der Waals surface area (Å²) in [6, 6.07) is 1.56. The van der Waals surface area contributed by atoms with Crippen molar-refractivity contribution in [3.8, 4) is 0 Å². The second-order valence-electron chi connectivity index (χ2n) is 4.53. The number of pyridine rings is 1. The summed E-state index contributed by atoms with van der Waals surface area (Å²) in [4.78, 5) is 6.76. The molecule has 2 rings (SSSR count). The van der Waals surface area contributed by atoms with Crippen molar-refractivity contribution in [2.24, 2.45) is 5.92 Å². The van der Waals surface area contributed by atoms with Crippen LogP contribution in [0.3, 0.4) is 0 Å². The predicted octanol–water partition coefficient (Wildman–Crippen LogP) is 2.83.